The summed E-state index contributed by atoms with van der Waals surface area (Å²) in [7, 11) is 0. The topological polar surface area (TPSA) is 51.1 Å². The van der Waals surface area contributed by atoms with Crippen molar-refractivity contribution in [3.05, 3.63) is 68.5 Å². The summed E-state index contributed by atoms with van der Waals surface area (Å²) in [5.41, 5.74) is 1.70. The van der Waals surface area contributed by atoms with Crippen molar-refractivity contribution >= 4 is 21.8 Å². The first-order valence-corrected chi connectivity index (χ1v) is 7.57. The monoisotopic (exact) mass is 348 g/mol. The summed E-state index contributed by atoms with van der Waals surface area (Å²) in [5, 5.41) is 2.86. The maximum absolute atomic E-state index is 12.0. The largest absolute Gasteiger partial charge is 0.352 e. The van der Waals surface area contributed by atoms with Gasteiger partial charge in [0.25, 0.3) is 5.91 Å². The molecule has 0 aliphatic carbocycles. The Kier molecular flexibility index (Phi) is 5.33. The van der Waals surface area contributed by atoms with Crippen LogP contribution >= 0.6 is 15.9 Å². The molecule has 0 fully saturated rings. The normalized spacial score (nSPS) is 10.4. The molecule has 1 amide bonds. The average Bonchev–Trinajstić information content (AvgIpc) is 2.48. The average molecular weight is 349 g/mol. The van der Waals surface area contributed by atoms with E-state index in [1.165, 1.54) is 6.07 Å². The predicted octanol–water partition coefficient (Wildman–Crippen LogP) is 2.74. The van der Waals surface area contributed by atoms with E-state index in [1.54, 1.807) is 22.9 Å². The Morgan fingerprint density at radius 1 is 1.29 bits per heavy atom. The summed E-state index contributed by atoms with van der Waals surface area (Å²) in [5.74, 6) is -0.101. The fourth-order valence-electron chi connectivity index (χ4n) is 1.93. The zero-order valence-corrected chi connectivity index (χ0v) is 13.4. The molecule has 1 aromatic heterocycles. The lowest BCUT2D eigenvalue weighted by Gasteiger charge is -2.08. The lowest BCUT2D eigenvalue weighted by Crippen LogP contribution is -2.26. The quantitative estimate of drug-likeness (QED) is 0.844. The van der Waals surface area contributed by atoms with Crippen LogP contribution in [0.5, 0.6) is 0 Å². The van der Waals surface area contributed by atoms with Gasteiger partial charge in [-0.3, -0.25) is 9.59 Å². The first kappa shape index (κ1) is 15.5. The number of rotatable bonds is 5. The maximum Gasteiger partial charge on any atom is 0.251 e. The number of nitrogens with zero attached hydrogens (tertiary/aromatic N) is 1. The van der Waals surface area contributed by atoms with Crippen LogP contribution in [0.15, 0.2) is 51.9 Å². The van der Waals surface area contributed by atoms with Crippen molar-refractivity contribution in [2.75, 3.05) is 6.54 Å². The minimum atomic E-state index is -0.101. The van der Waals surface area contributed by atoms with Crippen LogP contribution in [0.1, 0.15) is 22.3 Å². The summed E-state index contributed by atoms with van der Waals surface area (Å²) in [6, 6.07) is 10.6. The van der Waals surface area contributed by atoms with Gasteiger partial charge in [-0.25, -0.2) is 0 Å². The highest BCUT2D eigenvalue weighted by Gasteiger charge is 2.06. The van der Waals surface area contributed by atoms with E-state index in [0.29, 0.717) is 25.1 Å². The molecule has 0 spiro atoms. The Hall–Kier alpha value is -1.88. The van der Waals surface area contributed by atoms with Gasteiger partial charge >= 0.3 is 0 Å². The molecule has 0 bridgehead atoms. The van der Waals surface area contributed by atoms with Gasteiger partial charge in [-0.1, -0.05) is 28.1 Å². The zero-order valence-electron chi connectivity index (χ0n) is 11.8. The van der Waals surface area contributed by atoms with Crippen molar-refractivity contribution in [2.45, 2.75) is 19.9 Å². The first-order chi connectivity index (χ1) is 10.1. The number of aryl methyl sites for hydroxylation is 2. The molecule has 0 radical (unpaired) electrons. The van der Waals surface area contributed by atoms with Gasteiger partial charge in [0.15, 0.2) is 0 Å². The molecule has 0 unspecified atom stereocenters. The van der Waals surface area contributed by atoms with Gasteiger partial charge in [0.1, 0.15) is 0 Å². The second-order valence-electron chi connectivity index (χ2n) is 4.81. The van der Waals surface area contributed by atoms with Crippen molar-refractivity contribution in [3.8, 4) is 0 Å². The van der Waals surface area contributed by atoms with Crippen molar-refractivity contribution in [3.63, 3.8) is 0 Å². The maximum atomic E-state index is 12.0. The van der Waals surface area contributed by atoms with Gasteiger partial charge in [-0.15, -0.1) is 0 Å². The number of benzene rings is 1. The van der Waals surface area contributed by atoms with Gasteiger partial charge in [0.05, 0.1) is 0 Å². The number of hydrogen-bond acceptors (Lipinski definition) is 2. The molecule has 0 saturated carbocycles. The Morgan fingerprint density at radius 2 is 2.10 bits per heavy atom. The molecule has 21 heavy (non-hydrogen) atoms. The SMILES string of the molecule is Cc1ccc(C(=O)NCCCn2ccccc2=O)cc1Br. The van der Waals surface area contributed by atoms with Crippen molar-refractivity contribution in [2.24, 2.45) is 0 Å². The number of amides is 1. The van der Waals surface area contributed by atoms with Crippen LogP contribution < -0.4 is 10.9 Å². The minimum Gasteiger partial charge on any atom is -0.352 e. The molecule has 1 aromatic carbocycles. The Labute approximate surface area is 131 Å². The van der Waals surface area contributed by atoms with Crippen molar-refractivity contribution in [1.82, 2.24) is 9.88 Å². The molecule has 4 nitrogen and oxygen atoms in total. The van der Waals surface area contributed by atoms with Crippen LogP contribution in [0.25, 0.3) is 0 Å². The lowest BCUT2D eigenvalue weighted by atomic mass is 10.1. The molecular formula is C16H17BrN2O2. The van der Waals surface area contributed by atoms with Crippen LogP contribution in [-0.4, -0.2) is 17.0 Å². The Morgan fingerprint density at radius 3 is 2.81 bits per heavy atom. The van der Waals surface area contributed by atoms with E-state index in [4.69, 9.17) is 0 Å². The van der Waals surface area contributed by atoms with E-state index >= 15 is 0 Å². The molecule has 1 heterocycles. The third kappa shape index (κ3) is 4.29. The number of halogens is 1. The third-order valence-corrected chi connectivity index (χ3v) is 4.05. The van der Waals surface area contributed by atoms with E-state index in [-0.39, 0.29) is 11.5 Å². The van der Waals surface area contributed by atoms with E-state index < -0.39 is 0 Å². The van der Waals surface area contributed by atoms with Crippen LogP contribution in [0, 0.1) is 6.92 Å². The van der Waals surface area contributed by atoms with Gasteiger partial charge < -0.3 is 9.88 Å². The fourth-order valence-corrected chi connectivity index (χ4v) is 2.31. The highest BCUT2D eigenvalue weighted by atomic mass is 79.9. The van der Waals surface area contributed by atoms with Crippen LogP contribution in [0.4, 0.5) is 0 Å². The molecule has 5 heteroatoms. The number of carbonyl (C=O) groups is 1. The van der Waals surface area contributed by atoms with Gasteiger partial charge in [0, 0.05) is 35.4 Å². The molecule has 2 aromatic rings. The van der Waals surface area contributed by atoms with E-state index in [9.17, 15) is 9.59 Å². The second-order valence-corrected chi connectivity index (χ2v) is 5.66. The summed E-state index contributed by atoms with van der Waals surface area (Å²) >= 11 is 3.42. The van der Waals surface area contributed by atoms with Crippen LogP contribution in [0.2, 0.25) is 0 Å². The molecule has 0 atom stereocenters. The molecule has 1 N–H and O–H groups in total. The smallest absolute Gasteiger partial charge is 0.251 e. The highest BCUT2D eigenvalue weighted by Crippen LogP contribution is 2.17. The van der Waals surface area contributed by atoms with Crippen molar-refractivity contribution < 1.29 is 4.79 Å². The number of aromatic nitrogens is 1. The Bertz CT molecular complexity index is 695. The third-order valence-electron chi connectivity index (χ3n) is 3.19. The van der Waals surface area contributed by atoms with E-state index in [1.807, 2.05) is 25.1 Å². The number of carbonyl (C=O) groups excluding carboxylic acids is 1. The number of pyridine rings is 1. The summed E-state index contributed by atoms with van der Waals surface area (Å²) in [6.07, 6.45) is 2.46. The molecule has 0 saturated heterocycles. The first-order valence-electron chi connectivity index (χ1n) is 6.78. The summed E-state index contributed by atoms with van der Waals surface area (Å²) in [4.78, 5) is 23.5. The molecule has 0 aliphatic heterocycles. The predicted molar refractivity (Wildman–Crippen MR) is 86.5 cm³/mol. The Balaban J connectivity index is 1.83. The van der Waals surface area contributed by atoms with Crippen molar-refractivity contribution in [1.29, 1.82) is 0 Å². The zero-order chi connectivity index (χ0) is 15.2. The highest BCUT2D eigenvalue weighted by molar-refractivity contribution is 9.10. The molecule has 110 valence electrons. The summed E-state index contributed by atoms with van der Waals surface area (Å²) in [6.45, 7) is 3.10. The van der Waals surface area contributed by atoms with E-state index in [0.717, 1.165) is 10.0 Å². The van der Waals surface area contributed by atoms with Gasteiger partial charge in [0.2, 0.25) is 5.56 Å². The fraction of sp³-hybridized carbons (Fsp3) is 0.250. The van der Waals surface area contributed by atoms with E-state index in [2.05, 4.69) is 21.2 Å². The second kappa shape index (κ2) is 7.22. The molecule has 0 aliphatic rings. The van der Waals surface area contributed by atoms with Crippen LogP contribution in [0.3, 0.4) is 0 Å². The molecule has 2 rings (SSSR count). The summed E-state index contributed by atoms with van der Waals surface area (Å²) < 4.78 is 2.56. The van der Waals surface area contributed by atoms with Gasteiger partial charge in [-0.05, 0) is 37.1 Å². The lowest BCUT2D eigenvalue weighted by molar-refractivity contribution is 0.0952. The standard InChI is InChI=1S/C16H17BrN2O2/c1-12-6-7-13(11-14(12)17)16(21)18-8-4-10-19-9-3-2-5-15(19)20/h2-3,5-7,9,11H,4,8,10H2,1H3,(H,18,21). The van der Waals surface area contributed by atoms with Gasteiger partial charge in [-0.2, -0.15) is 0 Å². The minimum absolute atomic E-state index is 0.0220. The number of hydrogen-bond donors (Lipinski definition) is 1. The molecular weight excluding hydrogens is 332 g/mol. The van der Waals surface area contributed by atoms with Crippen LogP contribution in [-0.2, 0) is 6.54 Å². The number of nitrogens with one attached hydrogen (secondary N) is 1.